The van der Waals surface area contributed by atoms with E-state index < -0.39 is 5.60 Å². The van der Waals surface area contributed by atoms with Crippen LogP contribution in [-0.2, 0) is 15.8 Å². The van der Waals surface area contributed by atoms with E-state index in [9.17, 15) is 4.79 Å². The molecule has 0 N–H and O–H groups in total. The molecule has 8 nitrogen and oxygen atoms in total. The molecule has 8 heteroatoms. The Bertz CT molecular complexity index is 3520. The zero-order valence-electron chi connectivity index (χ0n) is 52.2. The lowest BCUT2D eigenvalue weighted by molar-refractivity contribution is -0.0593. The lowest BCUT2D eigenvalue weighted by Crippen LogP contribution is -2.52. The molecule has 0 spiro atoms. The minimum atomic E-state index is -0.900. The minimum Gasteiger partial charge on any atom is -0.495 e. The molecule has 14 rings (SSSR count). The number of methoxy groups -OCH3 is 1. The molecule has 444 valence electrons. The van der Waals surface area contributed by atoms with Crippen LogP contribution in [0.3, 0.4) is 0 Å². The van der Waals surface area contributed by atoms with Gasteiger partial charge in [-0.15, -0.1) is 0 Å². The molecule has 5 aliphatic carbocycles. The van der Waals surface area contributed by atoms with Gasteiger partial charge in [-0.25, -0.2) is 4.79 Å². The molecule has 85 heavy (non-hydrogen) atoms. The number of amides is 1. The van der Waals surface area contributed by atoms with E-state index in [0.717, 1.165) is 126 Å². The molecule has 9 atom stereocenters. The summed E-state index contributed by atoms with van der Waals surface area (Å²) in [5.74, 6) is 6.56. The number of carbonyl (C=O) groups is 1. The highest BCUT2D eigenvalue weighted by atomic mass is 16.6. The van der Waals surface area contributed by atoms with Crippen LogP contribution in [0.2, 0.25) is 0 Å². The molecule has 3 heterocycles. The van der Waals surface area contributed by atoms with Crippen LogP contribution in [-0.4, -0.2) is 76.6 Å². The first-order valence-electron chi connectivity index (χ1n) is 33.0. The lowest BCUT2D eigenvalue weighted by atomic mass is 9.47. The van der Waals surface area contributed by atoms with Gasteiger partial charge < -0.3 is 33.8 Å². The summed E-state index contributed by atoms with van der Waals surface area (Å²) in [5.41, 5.74) is 13.0. The van der Waals surface area contributed by atoms with Crippen molar-refractivity contribution < 1.29 is 19.0 Å². The van der Waals surface area contributed by atoms with Crippen molar-refractivity contribution in [2.75, 3.05) is 74.2 Å². The molecule has 8 aliphatic rings. The Labute approximate surface area is 507 Å². The van der Waals surface area contributed by atoms with E-state index >= 15 is 0 Å². The van der Waals surface area contributed by atoms with Crippen LogP contribution < -0.4 is 24.2 Å². The number of hydrogen-bond acceptors (Lipinski definition) is 7. The van der Waals surface area contributed by atoms with Gasteiger partial charge in [0.05, 0.1) is 12.8 Å². The van der Waals surface area contributed by atoms with E-state index in [1.165, 1.54) is 85.0 Å². The molecule has 2 saturated heterocycles. The van der Waals surface area contributed by atoms with Gasteiger partial charge in [-0.2, -0.15) is 0 Å². The lowest BCUT2D eigenvalue weighted by Gasteiger charge is -2.58. The van der Waals surface area contributed by atoms with Gasteiger partial charge in [0.15, 0.2) is 5.60 Å². The highest BCUT2D eigenvalue weighted by molar-refractivity contribution is 6.10. The van der Waals surface area contributed by atoms with Crippen molar-refractivity contribution in [1.29, 1.82) is 0 Å². The Morgan fingerprint density at radius 2 is 1.35 bits per heavy atom. The molecule has 3 aliphatic heterocycles. The highest BCUT2D eigenvalue weighted by Gasteiger charge is 2.59. The van der Waals surface area contributed by atoms with E-state index in [0.29, 0.717) is 31.6 Å². The Balaban J connectivity index is 0.705. The topological polar surface area (TPSA) is 57.7 Å². The number of rotatable bonds is 12. The summed E-state index contributed by atoms with van der Waals surface area (Å²) in [5, 5.41) is 2.18. The van der Waals surface area contributed by atoms with E-state index in [-0.39, 0.29) is 23.0 Å². The number of fused-ring (bicyclic) bond motifs is 13. The van der Waals surface area contributed by atoms with Gasteiger partial charge in [0.25, 0.3) is 0 Å². The number of carbonyl (C=O) groups excluding carboxylic acids is 1. The van der Waals surface area contributed by atoms with Gasteiger partial charge >= 0.3 is 6.09 Å². The van der Waals surface area contributed by atoms with E-state index in [1.54, 1.807) is 12.7 Å². The number of hydrogen-bond donors (Lipinski definition) is 0. The molecule has 5 fully saturated rings. The molecular weight excluding hydrogens is 1040 g/mol. The van der Waals surface area contributed by atoms with Gasteiger partial charge in [-0.1, -0.05) is 170 Å². The largest absolute Gasteiger partial charge is 0.495 e. The van der Waals surface area contributed by atoms with Gasteiger partial charge in [0, 0.05) is 97.6 Å². The second-order valence-corrected chi connectivity index (χ2v) is 28.6. The number of para-hydroxylation sites is 1. The van der Waals surface area contributed by atoms with Crippen molar-refractivity contribution in [3.05, 3.63) is 167 Å². The van der Waals surface area contributed by atoms with Gasteiger partial charge in [0.1, 0.15) is 17.6 Å². The van der Waals surface area contributed by atoms with Crippen LogP contribution in [0.4, 0.5) is 21.9 Å². The van der Waals surface area contributed by atoms with Gasteiger partial charge in [-0.05, 0) is 161 Å². The summed E-state index contributed by atoms with van der Waals surface area (Å²) in [6, 6.07) is 44.2. The molecule has 3 saturated carbocycles. The SMILES string of the molecule is COc1cc2c3c(c4c(c2cc1N1CCN(C(=O)OC2CCC5(C)C(=CCC6C5CCC5(C)C(C(C)CCCC(C)C)CCC65)C2)CC1)-c1ccccc1C4(C)C)C=CC(c1ccccc1)(c1ccc(N2CCN(c4ccccc4)CC2)cc1)O3. The predicted octanol–water partition coefficient (Wildman–Crippen LogP) is 17.5. The zero-order chi connectivity index (χ0) is 58.4. The number of ether oxygens (including phenoxy) is 3. The van der Waals surface area contributed by atoms with Crippen LogP contribution in [0.1, 0.15) is 147 Å². The number of benzene rings is 6. The Morgan fingerprint density at radius 3 is 2.07 bits per heavy atom. The van der Waals surface area contributed by atoms with Crippen molar-refractivity contribution in [2.45, 2.75) is 136 Å². The molecule has 6 aromatic carbocycles. The van der Waals surface area contributed by atoms with E-state index in [4.69, 9.17) is 14.2 Å². The average Bonchev–Trinajstić information content (AvgIpc) is 1.68. The first-order chi connectivity index (χ1) is 41.2. The second kappa shape index (κ2) is 21.9. The number of nitrogens with zero attached hydrogens (tertiary/aromatic N) is 4. The molecule has 9 unspecified atom stereocenters. The Morgan fingerprint density at radius 1 is 0.682 bits per heavy atom. The summed E-state index contributed by atoms with van der Waals surface area (Å²) in [4.78, 5) is 23.7. The van der Waals surface area contributed by atoms with Gasteiger partial charge in [-0.3, -0.25) is 0 Å². The maximum atomic E-state index is 14.3. The monoisotopic (exact) mass is 1140 g/mol. The molecular formula is C77H92N4O4. The Hall–Kier alpha value is -6.67. The minimum absolute atomic E-state index is 0.0671. The average molecular weight is 1140 g/mol. The van der Waals surface area contributed by atoms with E-state index in [1.807, 2.05) is 4.90 Å². The number of anilines is 3. The zero-order valence-corrected chi connectivity index (χ0v) is 52.2. The summed E-state index contributed by atoms with van der Waals surface area (Å²) >= 11 is 0. The summed E-state index contributed by atoms with van der Waals surface area (Å²) in [6.07, 6.45) is 21.0. The smallest absolute Gasteiger partial charge is 0.410 e. The van der Waals surface area contributed by atoms with Crippen LogP contribution in [0.15, 0.2) is 139 Å². The fraction of sp³-hybridized carbons (Fsp3) is 0.494. The third kappa shape index (κ3) is 9.46. The molecule has 6 aromatic rings. The first kappa shape index (κ1) is 56.2. The fourth-order valence-electron chi connectivity index (χ4n) is 18.9. The van der Waals surface area contributed by atoms with Crippen molar-refractivity contribution in [3.63, 3.8) is 0 Å². The van der Waals surface area contributed by atoms with Crippen LogP contribution in [0.25, 0.3) is 28.0 Å². The number of allylic oxidation sites excluding steroid dienone is 1. The molecule has 0 radical (unpaired) electrons. The molecule has 1 amide bonds. The molecule has 0 aromatic heterocycles. The standard InChI is InChI=1S/C77H92N4O4/c1-51(2)18-17-19-52(3)64-32-33-66-59-31-28-55-48-58(34-37-75(55,6)67(59)36-38-76(64,66)7)84-73(82)81-46-44-80(45-47-81)68-49-62-63(50-69(68)83-8)72-61(71-70(62)60-24-15-16-25-65(60)74(71,4)5)35-39-77(85-72,53-20-11-9-12-21-53)54-26-29-57(30-27-54)79-42-40-78(41-43-79)56-22-13-10-14-23-56/h9-16,20-30,35,39,49-52,58-59,64,66-67H,17-19,31-34,36-38,40-48H2,1-8H3. The van der Waals surface area contributed by atoms with Crippen molar-refractivity contribution in [3.8, 4) is 22.6 Å². The third-order valence-corrected chi connectivity index (χ3v) is 23.5. The van der Waals surface area contributed by atoms with Crippen molar-refractivity contribution >= 4 is 40.0 Å². The third-order valence-electron chi connectivity index (χ3n) is 23.5. The van der Waals surface area contributed by atoms with Crippen LogP contribution >= 0.6 is 0 Å². The van der Waals surface area contributed by atoms with Crippen molar-refractivity contribution in [1.82, 2.24) is 4.90 Å². The van der Waals surface area contributed by atoms with E-state index in [2.05, 4.69) is 203 Å². The normalized spacial score (nSPS) is 28.6. The number of piperazine rings is 2. The van der Waals surface area contributed by atoms with Crippen LogP contribution in [0.5, 0.6) is 11.5 Å². The van der Waals surface area contributed by atoms with Crippen molar-refractivity contribution in [2.24, 2.45) is 46.3 Å². The quantitative estimate of drug-likeness (QED) is 0.113. The molecule has 0 bridgehead atoms. The fourth-order valence-corrected chi connectivity index (χ4v) is 18.9. The summed E-state index contributed by atoms with van der Waals surface area (Å²) < 4.78 is 20.8. The Kier molecular flexibility index (Phi) is 14.5. The van der Waals surface area contributed by atoms with Gasteiger partial charge in [0.2, 0.25) is 0 Å². The first-order valence-corrected chi connectivity index (χ1v) is 33.0. The highest BCUT2D eigenvalue weighted by Crippen LogP contribution is 2.68. The van der Waals surface area contributed by atoms with Crippen LogP contribution in [0, 0.1) is 46.3 Å². The maximum absolute atomic E-state index is 14.3. The maximum Gasteiger partial charge on any atom is 0.410 e. The summed E-state index contributed by atoms with van der Waals surface area (Å²) in [6.45, 7) is 23.8. The predicted molar refractivity (Wildman–Crippen MR) is 349 cm³/mol. The second-order valence-electron chi connectivity index (χ2n) is 28.6. The summed E-state index contributed by atoms with van der Waals surface area (Å²) in [7, 11) is 1.79.